The van der Waals surface area contributed by atoms with E-state index < -0.39 is 11.4 Å². The standard InChI is InChI=1S/C15H25NO3/c1-11-4-6-12(7-5-11)16(2)13(17)10-15(14(18)19)8-3-9-15/h11-12H,3-10H2,1-2H3,(H,18,19). The lowest BCUT2D eigenvalue weighted by molar-refractivity contribution is -0.159. The minimum absolute atomic E-state index is 0.0154. The highest BCUT2D eigenvalue weighted by atomic mass is 16.4. The second-order valence-electron chi connectivity index (χ2n) is 6.53. The first-order chi connectivity index (χ1) is 8.94. The maximum atomic E-state index is 12.3. The van der Waals surface area contributed by atoms with E-state index in [9.17, 15) is 14.7 Å². The van der Waals surface area contributed by atoms with Gasteiger partial charge in [-0.25, -0.2) is 0 Å². The van der Waals surface area contributed by atoms with Gasteiger partial charge >= 0.3 is 5.97 Å². The zero-order valence-corrected chi connectivity index (χ0v) is 12.0. The van der Waals surface area contributed by atoms with Crippen molar-refractivity contribution in [3.63, 3.8) is 0 Å². The van der Waals surface area contributed by atoms with Crippen LogP contribution in [0.15, 0.2) is 0 Å². The van der Waals surface area contributed by atoms with E-state index in [4.69, 9.17) is 0 Å². The van der Waals surface area contributed by atoms with Crippen LogP contribution in [0, 0.1) is 11.3 Å². The number of carboxylic acids is 1. The minimum atomic E-state index is -0.794. The summed E-state index contributed by atoms with van der Waals surface area (Å²) in [7, 11) is 1.84. The SMILES string of the molecule is CC1CCC(N(C)C(=O)CC2(C(=O)O)CCC2)CC1. The summed E-state index contributed by atoms with van der Waals surface area (Å²) in [6, 6.07) is 0.314. The number of amides is 1. The zero-order valence-electron chi connectivity index (χ0n) is 12.0. The van der Waals surface area contributed by atoms with Crippen LogP contribution in [0.4, 0.5) is 0 Å². The fourth-order valence-corrected chi connectivity index (χ4v) is 3.32. The molecular weight excluding hydrogens is 242 g/mol. The molecule has 0 radical (unpaired) electrons. The Morgan fingerprint density at radius 2 is 1.79 bits per heavy atom. The Morgan fingerprint density at radius 1 is 1.21 bits per heavy atom. The molecule has 0 aromatic carbocycles. The van der Waals surface area contributed by atoms with E-state index in [1.54, 1.807) is 0 Å². The Labute approximate surface area is 115 Å². The fourth-order valence-electron chi connectivity index (χ4n) is 3.32. The van der Waals surface area contributed by atoms with Gasteiger partial charge in [-0.1, -0.05) is 13.3 Å². The molecule has 1 amide bonds. The van der Waals surface area contributed by atoms with Gasteiger partial charge in [0, 0.05) is 19.5 Å². The Kier molecular flexibility index (Phi) is 4.16. The summed E-state index contributed by atoms with van der Waals surface area (Å²) in [6.07, 6.45) is 6.90. The van der Waals surface area contributed by atoms with E-state index in [1.165, 1.54) is 12.8 Å². The molecule has 4 nitrogen and oxygen atoms in total. The average Bonchev–Trinajstić information content (AvgIpc) is 2.33. The van der Waals surface area contributed by atoms with Gasteiger partial charge < -0.3 is 10.0 Å². The van der Waals surface area contributed by atoms with E-state index in [-0.39, 0.29) is 12.3 Å². The number of rotatable bonds is 4. The van der Waals surface area contributed by atoms with Crippen molar-refractivity contribution in [3.05, 3.63) is 0 Å². The van der Waals surface area contributed by atoms with E-state index >= 15 is 0 Å². The number of aliphatic carboxylic acids is 1. The first kappa shape index (κ1) is 14.4. The molecule has 2 rings (SSSR count). The molecule has 0 spiro atoms. The normalized spacial score (nSPS) is 29.4. The molecule has 0 bridgehead atoms. The van der Waals surface area contributed by atoms with Gasteiger partial charge in [0.25, 0.3) is 0 Å². The van der Waals surface area contributed by atoms with Crippen molar-refractivity contribution < 1.29 is 14.7 Å². The van der Waals surface area contributed by atoms with Crippen LogP contribution in [0.1, 0.15) is 58.3 Å². The van der Waals surface area contributed by atoms with Crippen LogP contribution < -0.4 is 0 Å². The lowest BCUT2D eigenvalue weighted by atomic mass is 9.66. The first-order valence-electron chi connectivity index (χ1n) is 7.44. The summed E-state index contributed by atoms with van der Waals surface area (Å²) < 4.78 is 0. The first-order valence-corrected chi connectivity index (χ1v) is 7.44. The van der Waals surface area contributed by atoms with Crippen LogP contribution in [0.3, 0.4) is 0 Å². The summed E-state index contributed by atoms with van der Waals surface area (Å²) in [5, 5.41) is 9.29. The number of carbonyl (C=O) groups is 2. The Bertz CT molecular complexity index is 354. The van der Waals surface area contributed by atoms with Crippen molar-refractivity contribution >= 4 is 11.9 Å². The van der Waals surface area contributed by atoms with Crippen molar-refractivity contribution in [2.24, 2.45) is 11.3 Å². The van der Waals surface area contributed by atoms with Crippen molar-refractivity contribution in [2.75, 3.05) is 7.05 Å². The molecule has 0 heterocycles. The van der Waals surface area contributed by atoms with Gasteiger partial charge in [0.05, 0.1) is 5.41 Å². The van der Waals surface area contributed by atoms with Gasteiger partial charge in [-0.05, 0) is 44.4 Å². The maximum Gasteiger partial charge on any atom is 0.310 e. The van der Waals surface area contributed by atoms with Crippen LogP contribution in [0.25, 0.3) is 0 Å². The number of nitrogens with zero attached hydrogens (tertiary/aromatic N) is 1. The molecule has 0 aromatic rings. The molecule has 19 heavy (non-hydrogen) atoms. The lowest BCUT2D eigenvalue weighted by Crippen LogP contribution is -2.46. The smallest absolute Gasteiger partial charge is 0.310 e. The fraction of sp³-hybridized carbons (Fsp3) is 0.867. The van der Waals surface area contributed by atoms with Gasteiger partial charge in [-0.2, -0.15) is 0 Å². The topological polar surface area (TPSA) is 57.6 Å². The third kappa shape index (κ3) is 2.93. The second kappa shape index (κ2) is 5.51. The molecule has 108 valence electrons. The molecule has 0 saturated heterocycles. The van der Waals surface area contributed by atoms with Crippen LogP contribution in [0.2, 0.25) is 0 Å². The van der Waals surface area contributed by atoms with Gasteiger partial charge in [-0.15, -0.1) is 0 Å². The second-order valence-corrected chi connectivity index (χ2v) is 6.53. The van der Waals surface area contributed by atoms with Crippen molar-refractivity contribution in [3.8, 4) is 0 Å². The molecule has 2 saturated carbocycles. The van der Waals surface area contributed by atoms with E-state index in [0.29, 0.717) is 18.9 Å². The molecular formula is C15H25NO3. The highest BCUT2D eigenvalue weighted by Crippen LogP contribution is 2.44. The van der Waals surface area contributed by atoms with E-state index in [2.05, 4.69) is 6.92 Å². The van der Waals surface area contributed by atoms with E-state index in [1.807, 2.05) is 11.9 Å². The van der Waals surface area contributed by atoms with Gasteiger partial charge in [0.2, 0.25) is 5.91 Å². The third-order valence-corrected chi connectivity index (χ3v) is 5.18. The Hall–Kier alpha value is -1.06. The van der Waals surface area contributed by atoms with E-state index in [0.717, 1.165) is 25.2 Å². The van der Waals surface area contributed by atoms with Gasteiger partial charge in [0.15, 0.2) is 0 Å². The largest absolute Gasteiger partial charge is 0.481 e. The van der Waals surface area contributed by atoms with Crippen molar-refractivity contribution in [1.82, 2.24) is 4.90 Å². The Balaban J connectivity index is 1.90. The summed E-state index contributed by atoms with van der Waals surface area (Å²) in [4.78, 5) is 25.4. The lowest BCUT2D eigenvalue weighted by Gasteiger charge is -2.40. The monoisotopic (exact) mass is 267 g/mol. The number of carboxylic acid groups (broad SMARTS) is 1. The maximum absolute atomic E-state index is 12.3. The number of hydrogen-bond acceptors (Lipinski definition) is 2. The minimum Gasteiger partial charge on any atom is -0.481 e. The third-order valence-electron chi connectivity index (χ3n) is 5.18. The molecule has 2 aliphatic carbocycles. The summed E-state index contributed by atoms with van der Waals surface area (Å²) >= 11 is 0. The highest BCUT2D eigenvalue weighted by molar-refractivity contribution is 5.85. The Morgan fingerprint density at radius 3 is 2.21 bits per heavy atom. The predicted octanol–water partition coefficient (Wildman–Crippen LogP) is 2.67. The van der Waals surface area contributed by atoms with Crippen LogP contribution in [-0.2, 0) is 9.59 Å². The summed E-state index contributed by atoms with van der Waals surface area (Å²) in [5.41, 5.74) is -0.757. The molecule has 0 atom stereocenters. The predicted molar refractivity (Wildman–Crippen MR) is 72.7 cm³/mol. The zero-order chi connectivity index (χ0) is 14.0. The van der Waals surface area contributed by atoms with Crippen LogP contribution >= 0.6 is 0 Å². The van der Waals surface area contributed by atoms with Crippen LogP contribution in [-0.4, -0.2) is 35.0 Å². The molecule has 0 aromatic heterocycles. The highest BCUT2D eigenvalue weighted by Gasteiger charge is 2.46. The number of carbonyl (C=O) groups excluding carboxylic acids is 1. The molecule has 1 N–H and O–H groups in total. The molecule has 2 fully saturated rings. The molecule has 0 unspecified atom stereocenters. The molecule has 0 aliphatic heterocycles. The van der Waals surface area contributed by atoms with Crippen molar-refractivity contribution in [1.29, 1.82) is 0 Å². The summed E-state index contributed by atoms with van der Waals surface area (Å²) in [6.45, 7) is 2.26. The van der Waals surface area contributed by atoms with Gasteiger partial charge in [0.1, 0.15) is 0 Å². The number of hydrogen-bond donors (Lipinski definition) is 1. The molecule has 2 aliphatic rings. The molecule has 4 heteroatoms. The van der Waals surface area contributed by atoms with Crippen molar-refractivity contribution in [2.45, 2.75) is 64.3 Å². The average molecular weight is 267 g/mol. The summed E-state index contributed by atoms with van der Waals surface area (Å²) in [5.74, 6) is -0.0174. The van der Waals surface area contributed by atoms with Crippen LogP contribution in [0.5, 0.6) is 0 Å². The van der Waals surface area contributed by atoms with Gasteiger partial charge in [-0.3, -0.25) is 9.59 Å². The quantitative estimate of drug-likeness (QED) is 0.852.